The second-order valence-corrected chi connectivity index (χ2v) is 19.1. The number of hydrogen-bond acceptors (Lipinski definition) is 9. The second kappa shape index (κ2) is 11.7. The molecular weight excluding hydrogens is 728 g/mol. The van der Waals surface area contributed by atoms with Crippen LogP contribution in [-0.4, -0.2) is 108 Å². The summed E-state index contributed by atoms with van der Waals surface area (Å²) in [5.74, 6) is 1.69. The summed E-state index contributed by atoms with van der Waals surface area (Å²) in [4.78, 5) is 30.4. The number of carbonyl (C=O) groups excluding carboxylic acids is 2. The fourth-order valence-corrected chi connectivity index (χ4v) is 15.5. The normalized spacial score (nSPS) is 44.0. The Labute approximate surface area is 334 Å². The monoisotopic (exact) mass is 782 g/mol. The van der Waals surface area contributed by atoms with E-state index in [0.717, 1.165) is 62.9 Å². The Balaban J connectivity index is 0.000000132. The minimum atomic E-state index is -0.714. The molecule has 10 heteroatoms. The van der Waals surface area contributed by atoms with E-state index in [9.17, 15) is 24.9 Å². The number of hydrogen-bond donors (Lipinski definition) is 3. The topological polar surface area (TPSA) is 120 Å². The van der Waals surface area contributed by atoms with Crippen LogP contribution in [0.1, 0.15) is 67.3 Å². The number of aliphatic hydroxyl groups is 2. The summed E-state index contributed by atoms with van der Waals surface area (Å²) in [6.45, 7) is 7.33. The molecule has 0 aromatic heterocycles. The number of likely N-dealkylation sites (tertiary alicyclic amines) is 2. The number of Topliss-reactive ketones (excluding diaryl/α,β-unsaturated/α-hetero) is 2. The third-order valence-corrected chi connectivity index (χ3v) is 17.7. The lowest BCUT2D eigenvalue weighted by atomic mass is 9.35. The van der Waals surface area contributed by atoms with Crippen LogP contribution in [0.25, 0.3) is 0 Å². The lowest BCUT2D eigenvalue weighted by Gasteiger charge is -2.71. The van der Waals surface area contributed by atoms with Crippen LogP contribution in [0.4, 0.5) is 0 Å². The zero-order valence-electron chi connectivity index (χ0n) is 33.4. The van der Waals surface area contributed by atoms with Crippen LogP contribution in [0.5, 0.6) is 17.2 Å². The Morgan fingerprint density at radius 1 is 0.732 bits per heavy atom. The number of phenols is 1. The van der Waals surface area contributed by atoms with Gasteiger partial charge in [0.25, 0.3) is 0 Å². The molecule has 2 saturated carbocycles. The van der Waals surface area contributed by atoms with Gasteiger partial charge in [0.1, 0.15) is 29.5 Å². The molecule has 298 valence electrons. The van der Waals surface area contributed by atoms with Crippen LogP contribution in [0.15, 0.2) is 48.6 Å². The number of benzene rings is 2. The molecule has 8 bridgehead atoms. The molecule has 8 aliphatic carbocycles. The first-order chi connectivity index (χ1) is 26.8. The number of aryl methyl sites for hydroxylation is 1. The second-order valence-electron chi connectivity index (χ2n) is 19.1. The van der Waals surface area contributed by atoms with Crippen molar-refractivity contribution in [2.75, 3.05) is 46.8 Å². The summed E-state index contributed by atoms with van der Waals surface area (Å²) in [5, 5.41) is 31.7. The fourth-order valence-electron chi connectivity index (χ4n) is 15.5. The SMILES string of the molecule is CC(=O)[C@H]1C[C@@]23C=C[C@]1(CO)[C@@H]1Oc4c(C)ccc5c4[C@@]12CCN(C)[C@@H]3C5.CC(=O)[C@H]1C[C@@]23C=C[C@]1(CO)[C@@H]1Oc4c(O)ccc5c4[C@@]12CCN(C)[C@@H]3C5.CCl. The number of aromatic hydroxyl groups is 1. The van der Waals surface area contributed by atoms with Gasteiger partial charge >= 0.3 is 0 Å². The molecule has 56 heavy (non-hydrogen) atoms. The molecule has 0 unspecified atom stereocenters. The van der Waals surface area contributed by atoms with Crippen LogP contribution >= 0.6 is 11.6 Å². The van der Waals surface area contributed by atoms with Gasteiger partial charge in [0.15, 0.2) is 11.5 Å². The number of ketones is 2. The van der Waals surface area contributed by atoms with Crippen LogP contribution in [0, 0.1) is 40.4 Å². The average Bonchev–Trinajstić information content (AvgIpc) is 3.77. The van der Waals surface area contributed by atoms with E-state index in [4.69, 9.17) is 9.47 Å². The van der Waals surface area contributed by atoms with Gasteiger partial charge in [-0.3, -0.25) is 9.59 Å². The number of carbonyl (C=O) groups is 2. The summed E-state index contributed by atoms with van der Waals surface area (Å²) in [6.07, 6.45) is 15.4. The molecule has 9 nitrogen and oxygen atoms in total. The maximum absolute atomic E-state index is 12.7. The summed E-state index contributed by atoms with van der Waals surface area (Å²) in [7, 11) is 4.42. The first kappa shape index (κ1) is 37.1. The molecule has 12 aliphatic rings. The van der Waals surface area contributed by atoms with Crippen molar-refractivity contribution in [1.82, 2.24) is 9.80 Å². The number of aliphatic hydroxyl groups excluding tert-OH is 2. The quantitative estimate of drug-likeness (QED) is 0.290. The van der Waals surface area contributed by atoms with Gasteiger partial charge < -0.3 is 34.6 Å². The highest BCUT2D eigenvalue weighted by Crippen LogP contribution is 2.77. The maximum Gasteiger partial charge on any atom is 0.165 e. The smallest absolute Gasteiger partial charge is 0.165 e. The van der Waals surface area contributed by atoms with Crippen molar-refractivity contribution in [3.63, 3.8) is 0 Å². The maximum atomic E-state index is 12.7. The summed E-state index contributed by atoms with van der Waals surface area (Å²) >= 11 is 4.64. The van der Waals surface area contributed by atoms with E-state index in [0.29, 0.717) is 17.8 Å². The molecule has 2 saturated heterocycles. The van der Waals surface area contributed by atoms with E-state index in [-0.39, 0.29) is 76.2 Å². The molecule has 4 aliphatic heterocycles. The molecule has 12 atom stereocenters. The van der Waals surface area contributed by atoms with Gasteiger partial charge in [-0.25, -0.2) is 0 Å². The first-order valence-corrected chi connectivity index (χ1v) is 21.3. The van der Waals surface area contributed by atoms with Gasteiger partial charge in [0.2, 0.25) is 0 Å². The first-order valence-electron chi connectivity index (χ1n) is 20.6. The number of nitrogens with zero attached hydrogens (tertiary/aromatic N) is 2. The largest absolute Gasteiger partial charge is 0.504 e. The van der Waals surface area contributed by atoms with E-state index in [2.05, 4.69) is 78.9 Å². The molecule has 4 fully saturated rings. The third-order valence-electron chi connectivity index (χ3n) is 17.7. The van der Waals surface area contributed by atoms with Crippen molar-refractivity contribution in [3.8, 4) is 17.2 Å². The van der Waals surface area contributed by atoms with E-state index < -0.39 is 10.8 Å². The van der Waals surface area contributed by atoms with Crippen molar-refractivity contribution >= 4 is 23.2 Å². The van der Waals surface area contributed by atoms with Crippen molar-refractivity contribution in [1.29, 1.82) is 0 Å². The summed E-state index contributed by atoms with van der Waals surface area (Å²) in [6, 6.07) is 8.93. The fraction of sp³-hybridized carbons (Fsp3) is 0.609. The molecule has 2 aromatic rings. The number of alkyl halides is 1. The minimum Gasteiger partial charge on any atom is -0.504 e. The molecule has 0 amide bonds. The van der Waals surface area contributed by atoms with Crippen LogP contribution in [0.2, 0.25) is 0 Å². The Morgan fingerprint density at radius 2 is 1.18 bits per heavy atom. The van der Waals surface area contributed by atoms with Crippen molar-refractivity contribution in [3.05, 3.63) is 76.4 Å². The molecule has 2 aromatic carbocycles. The highest BCUT2D eigenvalue weighted by Gasteiger charge is 2.80. The van der Waals surface area contributed by atoms with E-state index in [1.807, 2.05) is 6.07 Å². The molecule has 3 N–H and O–H groups in total. The number of phenolic OH excluding ortho intramolecular Hbond substituents is 1. The number of rotatable bonds is 4. The van der Waals surface area contributed by atoms with Crippen LogP contribution in [-0.2, 0) is 33.3 Å². The number of fused-ring (bicyclic) bond motifs is 2. The number of likely N-dealkylation sites (N-methyl/N-ethyl adjacent to an activating group) is 2. The molecular formula is C46H55ClN2O7. The minimum absolute atomic E-state index is 0.0287. The molecule has 14 rings (SSSR count). The van der Waals surface area contributed by atoms with Gasteiger partial charge in [-0.1, -0.05) is 42.5 Å². The van der Waals surface area contributed by atoms with Crippen molar-refractivity contribution < 1.29 is 34.4 Å². The lowest BCUT2D eigenvalue weighted by Crippen LogP contribution is -2.77. The Bertz CT molecular complexity index is 2000. The molecule has 0 radical (unpaired) electrons. The van der Waals surface area contributed by atoms with Gasteiger partial charge in [-0.2, -0.15) is 0 Å². The Morgan fingerprint density at radius 3 is 1.64 bits per heavy atom. The number of halogens is 1. The lowest BCUT2D eigenvalue weighted by molar-refractivity contribution is -0.184. The Hall–Kier alpha value is -3.21. The van der Waals surface area contributed by atoms with Gasteiger partial charge in [0, 0.05) is 63.1 Å². The van der Waals surface area contributed by atoms with Gasteiger partial charge in [0.05, 0.1) is 24.0 Å². The molecule has 4 heterocycles. The van der Waals surface area contributed by atoms with E-state index in [1.165, 1.54) is 28.6 Å². The highest BCUT2D eigenvalue weighted by atomic mass is 35.5. The van der Waals surface area contributed by atoms with Crippen LogP contribution in [0.3, 0.4) is 0 Å². The zero-order chi connectivity index (χ0) is 39.5. The summed E-state index contributed by atoms with van der Waals surface area (Å²) < 4.78 is 13.3. The zero-order valence-corrected chi connectivity index (χ0v) is 34.2. The van der Waals surface area contributed by atoms with Crippen molar-refractivity contribution in [2.24, 2.45) is 33.5 Å². The predicted molar refractivity (Wildman–Crippen MR) is 212 cm³/mol. The average molecular weight is 783 g/mol. The van der Waals surface area contributed by atoms with Crippen LogP contribution < -0.4 is 9.47 Å². The van der Waals surface area contributed by atoms with Crippen molar-refractivity contribution in [2.45, 2.75) is 94.4 Å². The number of ether oxygens (including phenoxy) is 2. The van der Waals surface area contributed by atoms with E-state index in [1.54, 1.807) is 19.9 Å². The molecule has 4 spiro atoms. The highest BCUT2D eigenvalue weighted by molar-refractivity contribution is 6.15. The standard InChI is InChI=1S/C23H27NO3.C22H25NO4.CH3Cl/c1-13-4-5-15-10-17-22-7-6-21(12-25,16(11-22)14(2)26)20-23(22,8-9-24(17)3)18(15)19(13)27-20;1-12(25)14-10-21-6-5-20(14,11-24)19-22(21)7-8-23(2)16(21)9-13-3-4-15(26)18(27-19)17(13)22;1-2/h4-7,16-17,20,25H,8-12H2,1-3H3;3-6,14,16,19,24,26H,7-11H2,1-2H3;1H3/t16-,17-,20+,21-,22-,23+;14-,16-,19+,20-,21-,22+;/m11./s1. The summed E-state index contributed by atoms with van der Waals surface area (Å²) in [5.41, 5.74) is 4.43. The third kappa shape index (κ3) is 3.77. The van der Waals surface area contributed by atoms with Gasteiger partial charge in [-0.05, 0) is 109 Å². The predicted octanol–water partition coefficient (Wildman–Crippen LogP) is 5.05. The van der Waals surface area contributed by atoms with E-state index >= 15 is 0 Å². The number of piperidine rings is 2. The Kier molecular flexibility index (Phi) is 7.76. The van der Waals surface area contributed by atoms with Gasteiger partial charge in [-0.15, -0.1) is 11.6 Å².